The lowest BCUT2D eigenvalue weighted by molar-refractivity contribution is -0.127. The highest BCUT2D eigenvalue weighted by Crippen LogP contribution is 2.22. The van der Waals surface area contributed by atoms with Crippen LogP contribution >= 0.6 is 11.8 Å². The van der Waals surface area contributed by atoms with Crippen LogP contribution in [0.3, 0.4) is 0 Å². The number of nitrogens with two attached hydrogens (primary N) is 1. The number of thioether (sulfide) groups is 1. The van der Waals surface area contributed by atoms with Crippen LogP contribution in [0, 0.1) is 5.82 Å². The molecule has 1 amide bonds. The van der Waals surface area contributed by atoms with Crippen molar-refractivity contribution in [3.63, 3.8) is 0 Å². The van der Waals surface area contributed by atoms with E-state index >= 15 is 0 Å². The summed E-state index contributed by atoms with van der Waals surface area (Å²) in [7, 11) is 0. The van der Waals surface area contributed by atoms with Crippen LogP contribution in [0.2, 0.25) is 0 Å². The van der Waals surface area contributed by atoms with E-state index in [9.17, 15) is 9.18 Å². The first-order valence-corrected chi connectivity index (χ1v) is 6.73. The van der Waals surface area contributed by atoms with Gasteiger partial charge in [-0.3, -0.25) is 4.79 Å². The van der Waals surface area contributed by atoms with Crippen molar-refractivity contribution in [1.82, 2.24) is 4.90 Å². The van der Waals surface area contributed by atoms with E-state index in [2.05, 4.69) is 13.2 Å². The van der Waals surface area contributed by atoms with E-state index in [0.29, 0.717) is 23.7 Å². The molecule has 0 aromatic heterocycles. The molecule has 0 atom stereocenters. The van der Waals surface area contributed by atoms with Crippen LogP contribution in [0.25, 0.3) is 0 Å². The van der Waals surface area contributed by atoms with Gasteiger partial charge >= 0.3 is 0 Å². The van der Waals surface area contributed by atoms with E-state index in [4.69, 9.17) is 5.73 Å². The molecule has 0 aliphatic heterocycles. The molecule has 2 N–H and O–H groups in total. The maximum atomic E-state index is 13.1. The molecule has 0 heterocycles. The molecule has 3 nitrogen and oxygen atoms in total. The Kier molecular flexibility index (Phi) is 6.15. The number of hydrogen-bond donors (Lipinski definition) is 1. The van der Waals surface area contributed by atoms with E-state index in [1.165, 1.54) is 23.9 Å². The van der Waals surface area contributed by atoms with Gasteiger partial charge in [-0.1, -0.05) is 12.2 Å². The van der Waals surface area contributed by atoms with Crippen molar-refractivity contribution < 1.29 is 9.18 Å². The number of anilines is 1. The predicted molar refractivity (Wildman–Crippen MR) is 78.5 cm³/mol. The quantitative estimate of drug-likeness (QED) is 0.474. The molecule has 19 heavy (non-hydrogen) atoms. The molecule has 1 rings (SSSR count). The van der Waals surface area contributed by atoms with Crippen molar-refractivity contribution in [2.24, 2.45) is 0 Å². The molecule has 5 heteroatoms. The lowest BCUT2D eigenvalue weighted by Crippen LogP contribution is -2.32. The van der Waals surface area contributed by atoms with Gasteiger partial charge in [-0.2, -0.15) is 0 Å². The fraction of sp³-hybridized carbons (Fsp3) is 0.214. The summed E-state index contributed by atoms with van der Waals surface area (Å²) in [5.41, 5.74) is 5.90. The molecule has 0 fully saturated rings. The van der Waals surface area contributed by atoms with Gasteiger partial charge in [0, 0.05) is 23.7 Å². The van der Waals surface area contributed by atoms with Gasteiger partial charge in [0.1, 0.15) is 5.82 Å². The maximum absolute atomic E-state index is 13.1. The molecule has 0 bridgehead atoms. The lowest BCUT2D eigenvalue weighted by Gasteiger charge is -2.18. The Labute approximate surface area is 117 Å². The number of benzene rings is 1. The van der Waals surface area contributed by atoms with Crippen LogP contribution in [0.1, 0.15) is 0 Å². The Morgan fingerprint density at radius 2 is 1.95 bits per heavy atom. The molecule has 0 aliphatic carbocycles. The second kappa shape index (κ2) is 7.63. The smallest absolute Gasteiger partial charge is 0.233 e. The largest absolute Gasteiger partial charge is 0.399 e. The van der Waals surface area contributed by atoms with Crippen LogP contribution in [0.15, 0.2) is 48.4 Å². The van der Waals surface area contributed by atoms with Crippen LogP contribution in [0.5, 0.6) is 0 Å². The van der Waals surface area contributed by atoms with Gasteiger partial charge in [0.15, 0.2) is 0 Å². The SMILES string of the molecule is C=CCN(CC=C)C(=O)CSc1cc(N)cc(F)c1. The molecule has 102 valence electrons. The van der Waals surface area contributed by atoms with Crippen molar-refractivity contribution in [1.29, 1.82) is 0 Å². The second-order valence-electron chi connectivity index (χ2n) is 3.89. The third-order valence-electron chi connectivity index (χ3n) is 2.31. The Morgan fingerprint density at radius 3 is 2.47 bits per heavy atom. The molecule has 0 saturated heterocycles. The minimum Gasteiger partial charge on any atom is -0.399 e. The van der Waals surface area contributed by atoms with E-state index in [0.717, 1.165) is 0 Å². The first kappa shape index (κ1) is 15.3. The fourth-order valence-electron chi connectivity index (χ4n) is 1.49. The number of rotatable bonds is 7. The zero-order valence-corrected chi connectivity index (χ0v) is 11.5. The highest BCUT2D eigenvalue weighted by atomic mass is 32.2. The monoisotopic (exact) mass is 280 g/mol. The van der Waals surface area contributed by atoms with Gasteiger partial charge < -0.3 is 10.6 Å². The number of carbonyl (C=O) groups excluding carboxylic acids is 1. The summed E-state index contributed by atoms with van der Waals surface area (Å²) in [5.74, 6) is -0.221. The van der Waals surface area contributed by atoms with Crippen LogP contribution in [-0.2, 0) is 4.79 Å². The van der Waals surface area contributed by atoms with Gasteiger partial charge in [0.25, 0.3) is 0 Å². The number of halogens is 1. The minimum absolute atomic E-state index is 0.0485. The molecule has 0 unspecified atom stereocenters. The van der Waals surface area contributed by atoms with E-state index < -0.39 is 5.82 Å². The van der Waals surface area contributed by atoms with Gasteiger partial charge in [0.05, 0.1) is 5.75 Å². The van der Waals surface area contributed by atoms with Gasteiger partial charge in [-0.15, -0.1) is 24.9 Å². The summed E-state index contributed by atoms with van der Waals surface area (Å²) in [6.07, 6.45) is 3.32. The highest BCUT2D eigenvalue weighted by Gasteiger charge is 2.11. The van der Waals surface area contributed by atoms with Gasteiger partial charge in [-0.25, -0.2) is 4.39 Å². The molecule has 1 aromatic carbocycles. The Bertz CT molecular complexity index is 446. The fourth-order valence-corrected chi connectivity index (χ4v) is 2.38. The first-order valence-electron chi connectivity index (χ1n) is 5.75. The molecule has 0 spiro atoms. The minimum atomic E-state index is -0.399. The van der Waals surface area contributed by atoms with Crippen LogP contribution in [-0.4, -0.2) is 29.6 Å². The van der Waals surface area contributed by atoms with Crippen molar-refractivity contribution in [3.05, 3.63) is 49.3 Å². The summed E-state index contributed by atoms with van der Waals surface area (Å²) >= 11 is 1.26. The second-order valence-corrected chi connectivity index (χ2v) is 4.93. The lowest BCUT2D eigenvalue weighted by atomic mass is 10.3. The Morgan fingerprint density at radius 1 is 1.32 bits per heavy atom. The number of hydrogen-bond acceptors (Lipinski definition) is 3. The summed E-state index contributed by atoms with van der Waals surface area (Å²) in [6.45, 7) is 8.15. The summed E-state index contributed by atoms with van der Waals surface area (Å²) < 4.78 is 13.1. The average molecular weight is 280 g/mol. The topological polar surface area (TPSA) is 46.3 Å². The van der Waals surface area contributed by atoms with E-state index in [-0.39, 0.29) is 11.7 Å². The van der Waals surface area contributed by atoms with Crippen molar-refractivity contribution in [2.75, 3.05) is 24.6 Å². The van der Waals surface area contributed by atoms with Gasteiger partial charge in [-0.05, 0) is 18.2 Å². The maximum Gasteiger partial charge on any atom is 0.233 e. The molecule has 0 radical (unpaired) electrons. The summed E-state index contributed by atoms with van der Waals surface area (Å²) in [4.78, 5) is 14.2. The molecular formula is C14H17FN2OS. The zero-order valence-electron chi connectivity index (χ0n) is 10.6. The third-order valence-corrected chi connectivity index (χ3v) is 3.27. The molecule has 0 aliphatic rings. The molecule has 0 saturated carbocycles. The van der Waals surface area contributed by atoms with Crippen molar-refractivity contribution >= 4 is 23.4 Å². The average Bonchev–Trinajstić information content (AvgIpc) is 2.34. The summed E-state index contributed by atoms with van der Waals surface area (Å²) in [6, 6.07) is 4.25. The number of nitrogens with zero attached hydrogens (tertiary/aromatic N) is 1. The highest BCUT2D eigenvalue weighted by molar-refractivity contribution is 8.00. The predicted octanol–water partition coefficient (Wildman–Crippen LogP) is 2.70. The summed E-state index contributed by atoms with van der Waals surface area (Å²) in [5, 5.41) is 0. The standard InChI is InChI=1S/C14H17FN2OS/c1-3-5-17(6-4-2)14(18)10-19-13-8-11(15)7-12(16)9-13/h3-4,7-9H,1-2,5-6,10,16H2. The van der Waals surface area contributed by atoms with Crippen LogP contribution in [0.4, 0.5) is 10.1 Å². The van der Waals surface area contributed by atoms with Gasteiger partial charge in [0.2, 0.25) is 5.91 Å². The molecule has 1 aromatic rings. The van der Waals surface area contributed by atoms with E-state index in [1.807, 2.05) is 0 Å². The van der Waals surface area contributed by atoms with E-state index in [1.54, 1.807) is 23.1 Å². The van der Waals surface area contributed by atoms with Crippen LogP contribution < -0.4 is 5.73 Å². The zero-order chi connectivity index (χ0) is 14.3. The Hall–Kier alpha value is -1.75. The molecular weight excluding hydrogens is 263 g/mol. The Balaban J connectivity index is 2.61. The normalized spacial score (nSPS) is 9.95. The van der Waals surface area contributed by atoms with Crippen molar-refractivity contribution in [3.8, 4) is 0 Å². The number of nitrogen functional groups attached to an aromatic ring is 1. The third kappa shape index (κ3) is 5.18. The van der Waals surface area contributed by atoms with Crippen molar-refractivity contribution in [2.45, 2.75) is 4.90 Å². The number of amides is 1. The number of carbonyl (C=O) groups is 1. The first-order chi connectivity index (χ1) is 9.06.